The van der Waals surface area contributed by atoms with Crippen LogP contribution in [-0.2, 0) is 29.0 Å². The number of carbonyl (C=O) groups excluding carboxylic acids is 2. The standard InChI is InChI=1S/C25H24F2N4O4/c1-3-35-25(34)30-9-8-20-21(13-30)29-23(16-6-4-15(2)5-7-16)31(24(20)33)14-22(32)28-19-11-17(26)10-18(27)12-19/h4-7,10-12H,3,8-9,13-14H2,1-2H3,(H,28,32). The van der Waals surface area contributed by atoms with Gasteiger partial charge in [0.25, 0.3) is 5.56 Å². The number of halogens is 2. The number of carbonyl (C=O) groups is 2. The van der Waals surface area contributed by atoms with Gasteiger partial charge in [0.1, 0.15) is 24.0 Å². The van der Waals surface area contributed by atoms with Crippen molar-refractivity contribution >= 4 is 17.7 Å². The van der Waals surface area contributed by atoms with Crippen LogP contribution in [0.4, 0.5) is 19.3 Å². The van der Waals surface area contributed by atoms with E-state index in [9.17, 15) is 23.2 Å². The van der Waals surface area contributed by atoms with Crippen LogP contribution >= 0.6 is 0 Å². The van der Waals surface area contributed by atoms with Crippen LogP contribution in [0.1, 0.15) is 23.7 Å². The van der Waals surface area contributed by atoms with E-state index in [0.29, 0.717) is 22.9 Å². The summed E-state index contributed by atoms with van der Waals surface area (Å²) in [5, 5.41) is 2.43. The highest BCUT2D eigenvalue weighted by Crippen LogP contribution is 2.22. The number of amides is 2. The number of hydrogen-bond acceptors (Lipinski definition) is 5. The third-order valence-corrected chi connectivity index (χ3v) is 5.60. The Hall–Kier alpha value is -4.08. The highest BCUT2D eigenvalue weighted by Gasteiger charge is 2.27. The molecule has 0 bridgehead atoms. The molecule has 2 heterocycles. The lowest BCUT2D eigenvalue weighted by Crippen LogP contribution is -2.42. The van der Waals surface area contributed by atoms with Crippen molar-refractivity contribution in [3.63, 3.8) is 0 Å². The fourth-order valence-corrected chi connectivity index (χ4v) is 3.94. The molecule has 10 heteroatoms. The van der Waals surface area contributed by atoms with E-state index in [4.69, 9.17) is 4.74 Å². The van der Waals surface area contributed by atoms with Gasteiger partial charge in [-0.3, -0.25) is 14.2 Å². The minimum absolute atomic E-state index is 0.0616. The van der Waals surface area contributed by atoms with E-state index >= 15 is 0 Å². The molecule has 1 aliphatic heterocycles. The van der Waals surface area contributed by atoms with Gasteiger partial charge in [-0.1, -0.05) is 29.8 Å². The molecule has 3 aromatic rings. The van der Waals surface area contributed by atoms with Crippen molar-refractivity contribution in [1.82, 2.24) is 14.5 Å². The normalized spacial score (nSPS) is 12.7. The number of rotatable bonds is 5. The second-order valence-corrected chi connectivity index (χ2v) is 8.19. The van der Waals surface area contributed by atoms with Crippen LogP contribution in [-0.4, -0.2) is 39.6 Å². The van der Waals surface area contributed by atoms with Gasteiger partial charge in [-0.05, 0) is 32.4 Å². The van der Waals surface area contributed by atoms with Crippen molar-refractivity contribution in [3.05, 3.63) is 81.3 Å². The highest BCUT2D eigenvalue weighted by molar-refractivity contribution is 5.90. The number of fused-ring (bicyclic) bond motifs is 1. The summed E-state index contributed by atoms with van der Waals surface area (Å²) >= 11 is 0. The summed E-state index contributed by atoms with van der Waals surface area (Å²) in [6, 6.07) is 9.94. The summed E-state index contributed by atoms with van der Waals surface area (Å²) in [6.45, 7) is 3.84. The number of nitrogens with one attached hydrogen (secondary N) is 1. The van der Waals surface area contributed by atoms with Gasteiger partial charge in [-0.15, -0.1) is 0 Å². The van der Waals surface area contributed by atoms with Crippen molar-refractivity contribution in [3.8, 4) is 11.4 Å². The van der Waals surface area contributed by atoms with E-state index in [1.807, 2.05) is 19.1 Å². The zero-order valence-corrected chi connectivity index (χ0v) is 19.3. The van der Waals surface area contributed by atoms with Crippen LogP contribution in [0.25, 0.3) is 11.4 Å². The molecule has 2 aromatic carbocycles. The Labute approximate surface area is 200 Å². The monoisotopic (exact) mass is 482 g/mol. The van der Waals surface area contributed by atoms with Gasteiger partial charge in [-0.2, -0.15) is 0 Å². The maximum Gasteiger partial charge on any atom is 0.410 e. The smallest absolute Gasteiger partial charge is 0.410 e. The Morgan fingerprint density at radius 1 is 1.11 bits per heavy atom. The largest absolute Gasteiger partial charge is 0.450 e. The van der Waals surface area contributed by atoms with Crippen LogP contribution in [0.5, 0.6) is 0 Å². The van der Waals surface area contributed by atoms with E-state index in [1.54, 1.807) is 19.1 Å². The van der Waals surface area contributed by atoms with Crippen LogP contribution in [0.15, 0.2) is 47.3 Å². The SMILES string of the molecule is CCOC(=O)N1CCc2c(nc(-c3ccc(C)cc3)n(CC(=O)Nc3cc(F)cc(F)c3)c2=O)C1. The minimum atomic E-state index is -0.834. The molecular weight excluding hydrogens is 458 g/mol. The first-order valence-corrected chi connectivity index (χ1v) is 11.1. The maximum atomic E-state index is 13.5. The highest BCUT2D eigenvalue weighted by atomic mass is 19.1. The van der Waals surface area contributed by atoms with Crippen molar-refractivity contribution < 1.29 is 23.1 Å². The Bertz CT molecular complexity index is 1320. The number of aromatic nitrogens is 2. The molecule has 0 spiro atoms. The Morgan fingerprint density at radius 2 is 1.80 bits per heavy atom. The predicted molar refractivity (Wildman–Crippen MR) is 125 cm³/mol. The Kier molecular flexibility index (Phi) is 6.90. The molecule has 0 aliphatic carbocycles. The van der Waals surface area contributed by atoms with Gasteiger partial charge < -0.3 is 15.0 Å². The molecule has 182 valence electrons. The molecule has 0 saturated carbocycles. The fourth-order valence-electron chi connectivity index (χ4n) is 3.94. The van der Waals surface area contributed by atoms with Crippen LogP contribution in [0.3, 0.4) is 0 Å². The van der Waals surface area contributed by atoms with Gasteiger partial charge >= 0.3 is 6.09 Å². The van der Waals surface area contributed by atoms with Gasteiger partial charge in [0, 0.05) is 29.4 Å². The molecule has 0 fully saturated rings. The van der Waals surface area contributed by atoms with Gasteiger partial charge in [0.05, 0.1) is 18.8 Å². The van der Waals surface area contributed by atoms with E-state index in [2.05, 4.69) is 10.3 Å². The molecule has 0 unspecified atom stereocenters. The molecule has 2 amide bonds. The molecule has 0 atom stereocenters. The summed E-state index contributed by atoms with van der Waals surface area (Å²) in [5.41, 5.74) is 1.98. The first kappa shape index (κ1) is 24.1. The zero-order valence-electron chi connectivity index (χ0n) is 19.3. The van der Waals surface area contributed by atoms with Gasteiger partial charge in [0.2, 0.25) is 5.91 Å². The van der Waals surface area contributed by atoms with Crippen molar-refractivity contribution in [1.29, 1.82) is 0 Å². The number of nitrogens with zero attached hydrogens (tertiary/aromatic N) is 3. The number of aryl methyl sites for hydroxylation is 1. The fraction of sp³-hybridized carbons (Fsp3) is 0.280. The first-order valence-electron chi connectivity index (χ1n) is 11.1. The predicted octanol–water partition coefficient (Wildman–Crippen LogP) is 3.65. The maximum absolute atomic E-state index is 13.5. The van der Waals surface area contributed by atoms with E-state index in [1.165, 1.54) is 9.47 Å². The topological polar surface area (TPSA) is 93.5 Å². The third-order valence-electron chi connectivity index (χ3n) is 5.60. The zero-order chi connectivity index (χ0) is 25.1. The van der Waals surface area contributed by atoms with Gasteiger partial charge in [-0.25, -0.2) is 18.6 Å². The molecule has 0 radical (unpaired) electrons. The summed E-state index contributed by atoms with van der Waals surface area (Å²) in [4.78, 5) is 44.6. The average Bonchev–Trinajstić information content (AvgIpc) is 2.80. The summed E-state index contributed by atoms with van der Waals surface area (Å²) in [5.74, 6) is -2.06. The van der Waals surface area contributed by atoms with Crippen molar-refractivity contribution in [2.24, 2.45) is 0 Å². The second-order valence-electron chi connectivity index (χ2n) is 8.19. The number of benzene rings is 2. The molecule has 1 aliphatic rings. The lowest BCUT2D eigenvalue weighted by Gasteiger charge is -2.28. The van der Waals surface area contributed by atoms with Crippen LogP contribution < -0.4 is 10.9 Å². The quantitative estimate of drug-likeness (QED) is 0.599. The summed E-state index contributed by atoms with van der Waals surface area (Å²) < 4.78 is 33.4. The average molecular weight is 482 g/mol. The summed E-state index contributed by atoms with van der Waals surface area (Å²) in [7, 11) is 0. The van der Waals surface area contributed by atoms with Gasteiger partial charge in [0.15, 0.2) is 0 Å². The van der Waals surface area contributed by atoms with Crippen LogP contribution in [0.2, 0.25) is 0 Å². The lowest BCUT2D eigenvalue weighted by atomic mass is 10.1. The summed E-state index contributed by atoms with van der Waals surface area (Å²) in [6.07, 6.45) is -0.229. The molecule has 1 N–H and O–H groups in total. The molecule has 0 saturated heterocycles. The minimum Gasteiger partial charge on any atom is -0.450 e. The second kappa shape index (κ2) is 10.0. The van der Waals surface area contributed by atoms with E-state index in [0.717, 1.165) is 17.7 Å². The van der Waals surface area contributed by atoms with E-state index in [-0.39, 0.29) is 37.6 Å². The Balaban J connectivity index is 1.71. The Morgan fingerprint density at radius 3 is 2.46 bits per heavy atom. The third kappa shape index (κ3) is 5.37. The number of hydrogen-bond donors (Lipinski definition) is 1. The molecule has 1 aromatic heterocycles. The van der Waals surface area contributed by atoms with E-state index < -0.39 is 35.7 Å². The molecule has 4 rings (SSSR count). The van der Waals surface area contributed by atoms with Crippen molar-refractivity contribution in [2.45, 2.75) is 33.4 Å². The number of anilines is 1. The van der Waals surface area contributed by atoms with Crippen LogP contribution in [0, 0.1) is 18.6 Å². The molecular formula is C25H24F2N4O4. The first-order chi connectivity index (χ1) is 16.7. The molecule has 35 heavy (non-hydrogen) atoms. The van der Waals surface area contributed by atoms with Crippen molar-refractivity contribution in [2.75, 3.05) is 18.5 Å². The lowest BCUT2D eigenvalue weighted by molar-refractivity contribution is -0.116. The molecule has 8 nitrogen and oxygen atoms in total. The number of ether oxygens (including phenoxy) is 1.